The topological polar surface area (TPSA) is 132 Å². The van der Waals surface area contributed by atoms with Crippen LogP contribution < -0.4 is 0 Å². The fourth-order valence-corrected chi connectivity index (χ4v) is 5.91. The Labute approximate surface area is 303 Å². The summed E-state index contributed by atoms with van der Waals surface area (Å²) in [5, 5.41) is 0. The van der Waals surface area contributed by atoms with E-state index < -0.39 is 18.1 Å². The summed E-state index contributed by atoms with van der Waals surface area (Å²) in [5.41, 5.74) is 0. The largest absolute Gasteiger partial charge is 0.466 e. The molecule has 0 radical (unpaired) electrons. The highest BCUT2D eigenvalue weighted by Crippen LogP contribution is 2.25. The van der Waals surface area contributed by atoms with Gasteiger partial charge in [-0.25, -0.2) is 0 Å². The van der Waals surface area contributed by atoms with E-state index in [0.717, 1.165) is 89.9 Å². The molecular formula is C40H72O10. The molecule has 0 aliphatic carbocycles. The molecule has 3 unspecified atom stereocenters. The molecular weight excluding hydrogens is 640 g/mol. The van der Waals surface area contributed by atoms with Crippen molar-refractivity contribution in [3.05, 3.63) is 0 Å². The van der Waals surface area contributed by atoms with E-state index in [2.05, 4.69) is 6.92 Å². The number of rotatable bonds is 34. The van der Waals surface area contributed by atoms with Gasteiger partial charge in [-0.15, -0.1) is 0 Å². The first-order valence-electron chi connectivity index (χ1n) is 20.1. The number of unbranched alkanes of at least 4 members (excludes halogenated alkanes) is 14. The van der Waals surface area contributed by atoms with Gasteiger partial charge in [0.15, 0.2) is 0 Å². The molecule has 0 saturated heterocycles. The average molecular weight is 713 g/mol. The molecule has 10 heteroatoms. The molecule has 0 amide bonds. The monoisotopic (exact) mass is 713 g/mol. The molecule has 0 aromatic carbocycles. The first-order valence-corrected chi connectivity index (χ1v) is 20.1. The summed E-state index contributed by atoms with van der Waals surface area (Å²) < 4.78 is 27.0. The molecule has 0 N–H and O–H groups in total. The van der Waals surface area contributed by atoms with Gasteiger partial charge in [0.05, 0.1) is 32.2 Å². The predicted octanol–water partition coefficient (Wildman–Crippen LogP) is 9.52. The van der Waals surface area contributed by atoms with Crippen LogP contribution in [0.2, 0.25) is 0 Å². The number of carbonyl (C=O) groups excluding carboxylic acids is 5. The number of esters is 5. The number of carbonyl (C=O) groups is 5. The molecule has 50 heavy (non-hydrogen) atoms. The van der Waals surface area contributed by atoms with Crippen molar-refractivity contribution in [3.8, 4) is 0 Å². The number of ether oxygens (including phenoxy) is 5. The fraction of sp³-hybridized carbons (Fsp3) is 0.875. The van der Waals surface area contributed by atoms with Gasteiger partial charge in [0.2, 0.25) is 0 Å². The minimum atomic E-state index is -0.448. The molecule has 0 aromatic heterocycles. The van der Waals surface area contributed by atoms with Crippen molar-refractivity contribution in [1.82, 2.24) is 0 Å². The Morgan fingerprint density at radius 3 is 1.58 bits per heavy atom. The molecule has 0 aliphatic rings. The van der Waals surface area contributed by atoms with Crippen molar-refractivity contribution >= 4 is 29.8 Å². The lowest BCUT2D eigenvalue weighted by atomic mass is 9.91. The average Bonchev–Trinajstić information content (AvgIpc) is 3.09. The van der Waals surface area contributed by atoms with Crippen LogP contribution in [0.5, 0.6) is 0 Å². The van der Waals surface area contributed by atoms with Crippen LogP contribution in [0.15, 0.2) is 0 Å². The lowest BCUT2D eigenvalue weighted by Crippen LogP contribution is -2.34. The van der Waals surface area contributed by atoms with E-state index in [1.165, 1.54) is 19.3 Å². The Hall–Kier alpha value is -2.65. The van der Waals surface area contributed by atoms with Gasteiger partial charge in [-0.2, -0.15) is 0 Å². The van der Waals surface area contributed by atoms with Gasteiger partial charge < -0.3 is 23.7 Å². The molecule has 0 aliphatic heterocycles. The van der Waals surface area contributed by atoms with Crippen molar-refractivity contribution < 1.29 is 47.7 Å². The van der Waals surface area contributed by atoms with E-state index in [1.807, 2.05) is 0 Å². The second-order valence-electron chi connectivity index (χ2n) is 13.2. The minimum absolute atomic E-state index is 0.0852. The highest BCUT2D eigenvalue weighted by molar-refractivity contribution is 5.75. The third-order valence-corrected chi connectivity index (χ3v) is 8.82. The minimum Gasteiger partial charge on any atom is -0.466 e. The van der Waals surface area contributed by atoms with E-state index in [1.54, 1.807) is 27.7 Å². The highest BCUT2D eigenvalue weighted by Gasteiger charge is 2.31. The summed E-state index contributed by atoms with van der Waals surface area (Å²) in [4.78, 5) is 60.7. The Bertz CT molecular complexity index is 889. The standard InChI is InChI=1S/C40H72O10/c1-6-11-12-13-19-24-29-35(50-37(42)8-3)34(40(45)47-10-5)28-23-18-14-15-21-26-31-48-38(43)30-25-20-16-17-22-27-33(49-36(41)7-2)32-39(44)46-9-4/h33-35H,6-32H2,1-5H3. The summed E-state index contributed by atoms with van der Waals surface area (Å²) >= 11 is 0. The summed E-state index contributed by atoms with van der Waals surface area (Å²) in [6.07, 6.45) is 19.2. The normalized spacial score (nSPS) is 12.8. The molecule has 0 aromatic rings. The third kappa shape index (κ3) is 27.1. The van der Waals surface area contributed by atoms with Crippen molar-refractivity contribution in [2.45, 2.75) is 201 Å². The Morgan fingerprint density at radius 2 is 0.980 bits per heavy atom. The van der Waals surface area contributed by atoms with Crippen LogP contribution in [0, 0.1) is 5.92 Å². The number of hydrogen-bond donors (Lipinski definition) is 0. The Morgan fingerprint density at radius 1 is 0.460 bits per heavy atom. The summed E-state index contributed by atoms with van der Waals surface area (Å²) in [6.45, 7) is 10.3. The Kier molecular flexibility index (Phi) is 31.7. The maximum atomic E-state index is 12.9. The number of hydrogen-bond acceptors (Lipinski definition) is 10. The Balaban J connectivity index is 4.21. The summed E-state index contributed by atoms with van der Waals surface area (Å²) in [7, 11) is 0. The maximum absolute atomic E-state index is 12.9. The first kappa shape index (κ1) is 47.4. The maximum Gasteiger partial charge on any atom is 0.312 e. The van der Waals surface area contributed by atoms with Gasteiger partial charge in [0, 0.05) is 19.3 Å². The lowest BCUT2D eigenvalue weighted by Gasteiger charge is -2.26. The quantitative estimate of drug-likeness (QED) is 0.0361. The van der Waals surface area contributed by atoms with Crippen LogP contribution in [-0.4, -0.2) is 61.9 Å². The van der Waals surface area contributed by atoms with Crippen molar-refractivity contribution in [1.29, 1.82) is 0 Å². The molecule has 292 valence electrons. The van der Waals surface area contributed by atoms with Gasteiger partial charge in [0.1, 0.15) is 12.2 Å². The molecule has 10 nitrogen and oxygen atoms in total. The van der Waals surface area contributed by atoms with E-state index in [-0.39, 0.29) is 42.7 Å². The zero-order valence-electron chi connectivity index (χ0n) is 32.4. The molecule has 0 saturated carbocycles. The van der Waals surface area contributed by atoms with Crippen molar-refractivity contribution in [2.75, 3.05) is 19.8 Å². The second kappa shape index (κ2) is 33.5. The van der Waals surface area contributed by atoms with Gasteiger partial charge >= 0.3 is 29.8 Å². The van der Waals surface area contributed by atoms with Crippen LogP contribution in [0.25, 0.3) is 0 Å². The summed E-state index contributed by atoms with van der Waals surface area (Å²) in [5.74, 6) is -1.77. The second-order valence-corrected chi connectivity index (χ2v) is 13.2. The van der Waals surface area contributed by atoms with Crippen molar-refractivity contribution in [3.63, 3.8) is 0 Å². The zero-order chi connectivity index (χ0) is 37.2. The summed E-state index contributed by atoms with van der Waals surface area (Å²) in [6, 6.07) is 0. The highest BCUT2D eigenvalue weighted by atomic mass is 16.6. The molecule has 0 fully saturated rings. The molecule has 0 rings (SSSR count). The van der Waals surface area contributed by atoms with Crippen LogP contribution in [-0.2, 0) is 47.7 Å². The van der Waals surface area contributed by atoms with E-state index >= 15 is 0 Å². The predicted molar refractivity (Wildman–Crippen MR) is 195 cm³/mol. The van der Waals surface area contributed by atoms with Gasteiger partial charge in [0.25, 0.3) is 0 Å². The lowest BCUT2D eigenvalue weighted by molar-refractivity contribution is -0.163. The van der Waals surface area contributed by atoms with E-state index in [9.17, 15) is 24.0 Å². The van der Waals surface area contributed by atoms with Gasteiger partial charge in [-0.3, -0.25) is 24.0 Å². The molecule has 0 heterocycles. The third-order valence-electron chi connectivity index (χ3n) is 8.82. The molecule has 0 bridgehead atoms. The van der Waals surface area contributed by atoms with Gasteiger partial charge in [-0.1, -0.05) is 104 Å². The fourth-order valence-electron chi connectivity index (χ4n) is 5.91. The van der Waals surface area contributed by atoms with Crippen LogP contribution in [0.1, 0.15) is 189 Å². The molecule has 3 atom stereocenters. The van der Waals surface area contributed by atoms with Crippen LogP contribution in [0.4, 0.5) is 0 Å². The molecule has 0 spiro atoms. The van der Waals surface area contributed by atoms with E-state index in [4.69, 9.17) is 23.7 Å². The SMILES string of the molecule is CCCCCCCCC(OC(=O)CC)C(CCCCCCCCOC(=O)CCCCCCCC(CC(=O)OCC)OC(=O)CC)C(=O)OCC. The first-order chi connectivity index (χ1) is 24.2. The van der Waals surface area contributed by atoms with Crippen LogP contribution in [0.3, 0.4) is 0 Å². The van der Waals surface area contributed by atoms with Crippen LogP contribution >= 0.6 is 0 Å². The van der Waals surface area contributed by atoms with E-state index in [0.29, 0.717) is 51.9 Å². The smallest absolute Gasteiger partial charge is 0.312 e. The van der Waals surface area contributed by atoms with Gasteiger partial charge in [-0.05, 0) is 58.8 Å². The zero-order valence-corrected chi connectivity index (χ0v) is 32.4. The van der Waals surface area contributed by atoms with Crippen molar-refractivity contribution in [2.24, 2.45) is 5.92 Å².